The van der Waals surface area contributed by atoms with Gasteiger partial charge in [0.05, 0.1) is 18.8 Å². The van der Waals surface area contributed by atoms with E-state index in [4.69, 9.17) is 18.9 Å². The highest BCUT2D eigenvalue weighted by atomic mass is 16.5. The van der Waals surface area contributed by atoms with Crippen molar-refractivity contribution in [1.29, 1.82) is 0 Å². The van der Waals surface area contributed by atoms with Gasteiger partial charge in [-0.1, -0.05) is 148 Å². The molecule has 4 aliphatic rings. The van der Waals surface area contributed by atoms with Crippen molar-refractivity contribution in [1.82, 2.24) is 0 Å². The third kappa shape index (κ3) is 14.3. The van der Waals surface area contributed by atoms with Crippen LogP contribution in [0.5, 0.6) is 17.2 Å². The Labute approximate surface area is 418 Å². The first kappa shape index (κ1) is 52.8. The predicted molar refractivity (Wildman–Crippen MR) is 283 cm³/mol. The Morgan fingerprint density at radius 3 is 1.86 bits per heavy atom. The van der Waals surface area contributed by atoms with Crippen LogP contribution in [0.15, 0.2) is 84.4 Å². The third-order valence-electron chi connectivity index (χ3n) is 17.7. The van der Waals surface area contributed by atoms with E-state index in [-0.39, 0.29) is 17.5 Å². The summed E-state index contributed by atoms with van der Waals surface area (Å²) in [5.74, 6) is 6.71. The molecule has 0 spiro atoms. The number of fused-ring (bicyclic) bond motifs is 5. The van der Waals surface area contributed by atoms with Crippen molar-refractivity contribution in [2.75, 3.05) is 13.2 Å². The lowest BCUT2D eigenvalue weighted by atomic mass is 9.47. The molecule has 0 amide bonds. The van der Waals surface area contributed by atoms with Gasteiger partial charge in [-0.25, -0.2) is 4.79 Å². The quantitative estimate of drug-likeness (QED) is 0.0328. The topological polar surface area (TPSA) is 71.1 Å². The van der Waals surface area contributed by atoms with Crippen molar-refractivity contribution < 1.29 is 28.5 Å². The maximum atomic E-state index is 13.0. The largest absolute Gasteiger partial charge is 0.494 e. The highest BCUT2D eigenvalue weighted by Crippen LogP contribution is 2.67. The number of hydrogen-bond acceptors (Lipinski definition) is 6. The zero-order chi connectivity index (χ0) is 48.6. The minimum absolute atomic E-state index is 0.0279. The summed E-state index contributed by atoms with van der Waals surface area (Å²) in [5, 5.41) is 0. The third-order valence-corrected chi connectivity index (χ3v) is 17.7. The molecule has 0 N–H and O–H groups in total. The molecule has 0 aromatic heterocycles. The number of carbonyl (C=O) groups is 2. The summed E-state index contributed by atoms with van der Waals surface area (Å²) < 4.78 is 23.8. The van der Waals surface area contributed by atoms with E-state index in [1.54, 1.807) is 17.7 Å². The summed E-state index contributed by atoms with van der Waals surface area (Å²) >= 11 is 0. The van der Waals surface area contributed by atoms with Crippen LogP contribution in [0.2, 0.25) is 0 Å². The molecule has 378 valence electrons. The second-order valence-electron chi connectivity index (χ2n) is 22.9. The van der Waals surface area contributed by atoms with E-state index in [2.05, 4.69) is 47.6 Å². The highest BCUT2D eigenvalue weighted by Gasteiger charge is 2.59. The molecule has 3 saturated carbocycles. The molecule has 3 aromatic rings. The second-order valence-corrected chi connectivity index (χ2v) is 22.9. The number of rotatable bonds is 27. The van der Waals surface area contributed by atoms with E-state index in [1.807, 2.05) is 60.7 Å². The molecular weight excluding hydrogens is 853 g/mol. The maximum absolute atomic E-state index is 13.0. The molecule has 0 radical (unpaired) electrons. The molecule has 6 nitrogen and oxygen atoms in total. The van der Waals surface area contributed by atoms with E-state index in [0.717, 1.165) is 103 Å². The molecule has 0 unspecified atom stereocenters. The van der Waals surface area contributed by atoms with Crippen molar-refractivity contribution in [2.45, 2.75) is 202 Å². The van der Waals surface area contributed by atoms with E-state index in [1.165, 1.54) is 103 Å². The molecule has 3 aromatic carbocycles. The molecule has 0 aliphatic heterocycles. The Bertz CT molecular complexity index is 2050. The summed E-state index contributed by atoms with van der Waals surface area (Å²) in [6.07, 6.45) is 31.5. The molecule has 3 fully saturated rings. The Balaban J connectivity index is 0.750. The van der Waals surface area contributed by atoms with Gasteiger partial charge >= 0.3 is 11.9 Å². The van der Waals surface area contributed by atoms with Crippen LogP contribution in [0.4, 0.5) is 0 Å². The molecule has 7 rings (SSSR count). The normalized spacial score (nSPS) is 25.5. The number of allylic oxidation sites excluding steroid dienone is 1. The van der Waals surface area contributed by atoms with Crippen LogP contribution in [-0.2, 0) is 9.53 Å². The van der Waals surface area contributed by atoms with Gasteiger partial charge in [-0.15, -0.1) is 0 Å². The fraction of sp³-hybridized carbons (Fsp3) is 0.651. The van der Waals surface area contributed by atoms with Crippen molar-refractivity contribution in [2.24, 2.45) is 46.3 Å². The summed E-state index contributed by atoms with van der Waals surface area (Å²) in [5.41, 5.74) is 4.96. The van der Waals surface area contributed by atoms with Gasteiger partial charge in [-0.05, 0) is 177 Å². The molecule has 69 heavy (non-hydrogen) atoms. The second kappa shape index (κ2) is 25.9. The minimum atomic E-state index is -0.392. The molecule has 8 atom stereocenters. The summed E-state index contributed by atoms with van der Waals surface area (Å²) in [4.78, 5) is 25.9. The van der Waals surface area contributed by atoms with Crippen molar-refractivity contribution in [3.8, 4) is 28.4 Å². The fourth-order valence-electron chi connectivity index (χ4n) is 13.7. The van der Waals surface area contributed by atoms with Crippen molar-refractivity contribution in [3.63, 3.8) is 0 Å². The Morgan fingerprint density at radius 1 is 0.623 bits per heavy atom. The first-order valence-corrected chi connectivity index (χ1v) is 28.1. The van der Waals surface area contributed by atoms with Gasteiger partial charge in [0, 0.05) is 12.8 Å². The molecule has 0 bridgehead atoms. The lowest BCUT2D eigenvalue weighted by Crippen LogP contribution is -2.51. The van der Waals surface area contributed by atoms with Gasteiger partial charge in [0.25, 0.3) is 0 Å². The first-order valence-electron chi connectivity index (χ1n) is 28.1. The van der Waals surface area contributed by atoms with Gasteiger partial charge in [-0.3, -0.25) is 4.79 Å². The standard InChI is InChI=1S/C63H90O6/c1-7-8-9-10-11-12-13-14-17-43-66-53-32-27-50(28-33-53)61(65)69-54-34-25-49(26-35-54)48-23-30-52(31-24-48)67-44-18-15-16-22-60(64)68-55-39-41-62(5)51(45-55)29-36-56-58-38-37-57(47(4)21-19-20-46(2)3)63(58,6)42-40-59(56)62/h23-35,46-47,55-59H,7-22,36-45H2,1-6H3/t47-,55+,56+,57-,58+,59+,62+,63-/m1/s1. The van der Waals surface area contributed by atoms with Crippen LogP contribution in [0.25, 0.3) is 11.1 Å². The number of esters is 2. The fourth-order valence-corrected chi connectivity index (χ4v) is 13.7. The van der Waals surface area contributed by atoms with Gasteiger partial charge < -0.3 is 18.9 Å². The number of hydrogen-bond donors (Lipinski definition) is 0. The number of ether oxygens (including phenoxy) is 4. The van der Waals surface area contributed by atoms with E-state index >= 15 is 0 Å². The number of unbranched alkanes of at least 4 members (excludes halogenated alkanes) is 10. The van der Waals surface area contributed by atoms with E-state index in [9.17, 15) is 9.59 Å². The van der Waals surface area contributed by atoms with Crippen LogP contribution in [0.1, 0.15) is 206 Å². The van der Waals surface area contributed by atoms with Crippen molar-refractivity contribution in [3.05, 3.63) is 90.0 Å². The van der Waals surface area contributed by atoms with Crippen LogP contribution in [-0.4, -0.2) is 31.3 Å². The molecule has 0 heterocycles. The molecule has 6 heteroatoms. The number of benzene rings is 3. The van der Waals surface area contributed by atoms with E-state index in [0.29, 0.717) is 36.4 Å². The smallest absolute Gasteiger partial charge is 0.343 e. The zero-order valence-electron chi connectivity index (χ0n) is 43.9. The monoisotopic (exact) mass is 943 g/mol. The van der Waals surface area contributed by atoms with Crippen LogP contribution in [0, 0.1) is 46.3 Å². The van der Waals surface area contributed by atoms with E-state index < -0.39 is 5.97 Å². The van der Waals surface area contributed by atoms with Gasteiger partial charge in [-0.2, -0.15) is 0 Å². The maximum Gasteiger partial charge on any atom is 0.343 e. The zero-order valence-corrected chi connectivity index (χ0v) is 43.9. The lowest BCUT2D eigenvalue weighted by molar-refractivity contribution is -0.151. The van der Waals surface area contributed by atoms with Gasteiger partial charge in [0.1, 0.15) is 23.4 Å². The number of carbonyl (C=O) groups excluding carboxylic acids is 2. The Hall–Kier alpha value is -4.06. The van der Waals surface area contributed by atoms with Crippen LogP contribution < -0.4 is 14.2 Å². The van der Waals surface area contributed by atoms with Gasteiger partial charge in [0.2, 0.25) is 0 Å². The van der Waals surface area contributed by atoms with Gasteiger partial charge in [0.15, 0.2) is 0 Å². The summed E-state index contributed by atoms with van der Waals surface area (Å²) in [6.45, 7) is 16.1. The van der Waals surface area contributed by atoms with Crippen LogP contribution in [0.3, 0.4) is 0 Å². The SMILES string of the molecule is CCCCCCCCCCCOc1ccc(C(=O)Oc2ccc(-c3ccc(OCCCCCC(=O)O[C@H]4CC[C@@]5(C)C(=CC[C@H]6[C@@H]7CC[C@H]([C@H](C)CCCC(C)C)[C@@]7(C)CC[C@@H]65)C4)cc3)cc2)cc1. The Kier molecular flexibility index (Phi) is 19.8. The summed E-state index contributed by atoms with van der Waals surface area (Å²) in [6, 6.07) is 22.9. The lowest BCUT2D eigenvalue weighted by Gasteiger charge is -2.58. The molecule has 4 aliphatic carbocycles. The minimum Gasteiger partial charge on any atom is -0.494 e. The first-order chi connectivity index (χ1) is 33.5. The van der Waals surface area contributed by atoms with Crippen molar-refractivity contribution >= 4 is 11.9 Å². The highest BCUT2D eigenvalue weighted by molar-refractivity contribution is 5.91. The summed E-state index contributed by atoms with van der Waals surface area (Å²) in [7, 11) is 0. The Morgan fingerprint density at radius 2 is 1.22 bits per heavy atom. The average Bonchev–Trinajstić information content (AvgIpc) is 3.71. The average molecular weight is 943 g/mol. The molecular formula is C63H90O6. The predicted octanol–water partition coefficient (Wildman–Crippen LogP) is 17.4. The molecule has 0 saturated heterocycles. The van der Waals surface area contributed by atoms with Crippen LogP contribution >= 0.6 is 0 Å².